The van der Waals surface area contributed by atoms with Crippen LogP contribution in [-0.2, 0) is 0 Å². The zero-order chi connectivity index (χ0) is 13.1. The number of nitrogens with one attached hydrogen (secondary N) is 1. The van der Waals surface area contributed by atoms with Crippen molar-refractivity contribution in [3.8, 4) is 0 Å². The number of halogens is 1. The fourth-order valence-corrected chi connectivity index (χ4v) is 4.09. The summed E-state index contributed by atoms with van der Waals surface area (Å²) in [6.45, 7) is 0.928. The number of aliphatic imine (C=N–C) groups is 1. The van der Waals surface area contributed by atoms with Gasteiger partial charge in [0.25, 0.3) is 0 Å². The second-order valence-electron chi connectivity index (χ2n) is 5.61. The van der Waals surface area contributed by atoms with Crippen LogP contribution in [0.2, 0.25) is 0 Å². The van der Waals surface area contributed by atoms with Gasteiger partial charge in [0, 0.05) is 18.0 Å². The van der Waals surface area contributed by atoms with E-state index in [1.165, 1.54) is 44.2 Å². The molecule has 1 N–H and O–H groups in total. The molecule has 1 aromatic carbocycles. The van der Waals surface area contributed by atoms with Crippen LogP contribution in [0.25, 0.3) is 0 Å². The Morgan fingerprint density at radius 3 is 2.74 bits per heavy atom. The highest BCUT2D eigenvalue weighted by molar-refractivity contribution is 8.14. The molecule has 1 saturated carbocycles. The average Bonchev–Trinajstić information content (AvgIpc) is 2.43. The van der Waals surface area contributed by atoms with Crippen molar-refractivity contribution in [2.24, 2.45) is 10.4 Å². The summed E-state index contributed by atoms with van der Waals surface area (Å²) < 4.78 is 13.1. The highest BCUT2D eigenvalue weighted by Crippen LogP contribution is 2.41. The van der Waals surface area contributed by atoms with Gasteiger partial charge in [0.2, 0.25) is 0 Å². The smallest absolute Gasteiger partial charge is 0.161 e. The first-order valence-corrected chi connectivity index (χ1v) is 7.94. The third-order valence-electron chi connectivity index (χ3n) is 4.06. The molecule has 1 aliphatic heterocycles. The van der Waals surface area contributed by atoms with Gasteiger partial charge in [-0.05, 0) is 36.5 Å². The summed E-state index contributed by atoms with van der Waals surface area (Å²) in [5.41, 5.74) is 1.22. The third-order valence-corrected chi connectivity index (χ3v) is 5.32. The Kier molecular flexibility index (Phi) is 3.78. The lowest BCUT2D eigenvalue weighted by Crippen LogP contribution is -2.35. The zero-order valence-electron chi connectivity index (χ0n) is 11.0. The van der Waals surface area contributed by atoms with Gasteiger partial charge < -0.3 is 5.32 Å². The Morgan fingerprint density at radius 2 is 2.05 bits per heavy atom. The van der Waals surface area contributed by atoms with E-state index in [0.29, 0.717) is 5.41 Å². The Morgan fingerprint density at radius 1 is 1.21 bits per heavy atom. The highest BCUT2D eigenvalue weighted by Gasteiger charge is 2.34. The third kappa shape index (κ3) is 3.11. The molecular formula is C15H19FN2S. The van der Waals surface area contributed by atoms with Crippen LogP contribution in [-0.4, -0.2) is 17.5 Å². The molecule has 3 rings (SSSR count). The van der Waals surface area contributed by atoms with Crippen LogP contribution in [0.1, 0.15) is 32.1 Å². The van der Waals surface area contributed by atoms with Crippen LogP contribution in [0.15, 0.2) is 29.3 Å². The van der Waals surface area contributed by atoms with Crippen molar-refractivity contribution >= 4 is 22.6 Å². The van der Waals surface area contributed by atoms with E-state index < -0.39 is 0 Å². The van der Waals surface area contributed by atoms with E-state index in [2.05, 4.69) is 10.3 Å². The molecule has 0 radical (unpaired) electrons. The number of benzene rings is 1. The number of rotatable bonds is 1. The second kappa shape index (κ2) is 5.53. The second-order valence-corrected chi connectivity index (χ2v) is 6.57. The van der Waals surface area contributed by atoms with Gasteiger partial charge in [-0.3, -0.25) is 4.99 Å². The maximum absolute atomic E-state index is 13.1. The predicted molar refractivity (Wildman–Crippen MR) is 80.3 cm³/mol. The summed E-state index contributed by atoms with van der Waals surface area (Å²) >= 11 is 1.79. The Labute approximate surface area is 117 Å². The van der Waals surface area contributed by atoms with E-state index in [0.717, 1.165) is 23.2 Å². The molecule has 1 aliphatic carbocycles. The number of nitrogens with zero attached hydrogens (tertiary/aromatic N) is 1. The SMILES string of the molecule is Fc1cccc(NC2=NCC3(CCCCC3)CS2)c1. The van der Waals surface area contributed by atoms with Gasteiger partial charge in [-0.1, -0.05) is 37.1 Å². The number of hydrogen-bond acceptors (Lipinski definition) is 3. The number of anilines is 1. The van der Waals surface area contributed by atoms with Crippen molar-refractivity contribution in [3.63, 3.8) is 0 Å². The molecule has 1 spiro atoms. The maximum Gasteiger partial charge on any atom is 0.161 e. The summed E-state index contributed by atoms with van der Waals surface area (Å²) in [7, 11) is 0. The Hall–Kier alpha value is -1.03. The highest BCUT2D eigenvalue weighted by atomic mass is 32.2. The van der Waals surface area contributed by atoms with E-state index in [1.54, 1.807) is 17.8 Å². The topological polar surface area (TPSA) is 24.4 Å². The van der Waals surface area contributed by atoms with Crippen molar-refractivity contribution in [2.45, 2.75) is 32.1 Å². The number of thioether (sulfide) groups is 1. The lowest BCUT2D eigenvalue weighted by atomic mass is 9.75. The summed E-state index contributed by atoms with van der Waals surface area (Å²) in [6, 6.07) is 6.55. The van der Waals surface area contributed by atoms with E-state index in [4.69, 9.17) is 0 Å². The van der Waals surface area contributed by atoms with Gasteiger partial charge in [0.1, 0.15) is 5.82 Å². The van der Waals surface area contributed by atoms with Gasteiger partial charge in [-0.15, -0.1) is 0 Å². The molecule has 4 heteroatoms. The monoisotopic (exact) mass is 278 g/mol. The van der Waals surface area contributed by atoms with E-state index >= 15 is 0 Å². The number of hydrogen-bond donors (Lipinski definition) is 1. The molecule has 0 unspecified atom stereocenters. The normalized spacial score (nSPS) is 22.1. The Bertz CT molecular complexity index is 481. The first-order chi connectivity index (χ1) is 9.26. The minimum absolute atomic E-state index is 0.213. The molecule has 19 heavy (non-hydrogen) atoms. The van der Waals surface area contributed by atoms with Crippen LogP contribution >= 0.6 is 11.8 Å². The fourth-order valence-electron chi connectivity index (χ4n) is 2.92. The molecule has 0 aromatic heterocycles. The molecule has 2 nitrogen and oxygen atoms in total. The van der Waals surface area contributed by atoms with Crippen LogP contribution < -0.4 is 5.32 Å². The van der Waals surface area contributed by atoms with E-state index in [9.17, 15) is 4.39 Å². The van der Waals surface area contributed by atoms with Crippen molar-refractivity contribution in [1.82, 2.24) is 0 Å². The molecule has 2 aliphatic rings. The minimum atomic E-state index is -0.213. The van der Waals surface area contributed by atoms with Crippen molar-refractivity contribution in [1.29, 1.82) is 0 Å². The molecule has 0 bridgehead atoms. The molecule has 102 valence electrons. The van der Waals surface area contributed by atoms with Crippen molar-refractivity contribution in [3.05, 3.63) is 30.1 Å². The van der Waals surface area contributed by atoms with Crippen LogP contribution in [0.4, 0.5) is 10.1 Å². The maximum atomic E-state index is 13.1. The Balaban J connectivity index is 1.64. The lowest BCUT2D eigenvalue weighted by molar-refractivity contribution is 0.232. The fraction of sp³-hybridized carbons (Fsp3) is 0.533. The quantitative estimate of drug-likeness (QED) is 0.828. The number of amidine groups is 1. The summed E-state index contributed by atoms with van der Waals surface area (Å²) in [6.07, 6.45) is 6.71. The predicted octanol–water partition coefficient (Wildman–Crippen LogP) is 4.29. The first kappa shape index (κ1) is 13.0. The standard InChI is InChI=1S/C15H19FN2S/c16-12-5-4-6-13(9-12)18-14-17-10-15(11-19-14)7-2-1-3-8-15/h4-6,9H,1-3,7-8,10-11H2,(H,17,18). The van der Waals surface area contributed by atoms with Crippen LogP contribution in [0, 0.1) is 11.2 Å². The molecule has 0 atom stereocenters. The van der Waals surface area contributed by atoms with Crippen LogP contribution in [0.5, 0.6) is 0 Å². The molecule has 0 amide bonds. The zero-order valence-corrected chi connectivity index (χ0v) is 11.8. The van der Waals surface area contributed by atoms with E-state index in [1.807, 2.05) is 6.07 Å². The summed E-state index contributed by atoms with van der Waals surface area (Å²) in [5.74, 6) is 0.934. The largest absolute Gasteiger partial charge is 0.335 e. The lowest BCUT2D eigenvalue weighted by Gasteiger charge is -2.38. The summed E-state index contributed by atoms with van der Waals surface area (Å²) in [5, 5.41) is 4.15. The summed E-state index contributed by atoms with van der Waals surface area (Å²) in [4.78, 5) is 4.68. The average molecular weight is 278 g/mol. The molecular weight excluding hydrogens is 259 g/mol. The molecule has 1 aromatic rings. The van der Waals surface area contributed by atoms with Gasteiger partial charge in [0.05, 0.1) is 0 Å². The van der Waals surface area contributed by atoms with E-state index in [-0.39, 0.29) is 5.82 Å². The molecule has 0 saturated heterocycles. The van der Waals surface area contributed by atoms with Gasteiger partial charge in [-0.2, -0.15) is 0 Å². The van der Waals surface area contributed by atoms with Crippen molar-refractivity contribution in [2.75, 3.05) is 17.6 Å². The van der Waals surface area contributed by atoms with Crippen molar-refractivity contribution < 1.29 is 4.39 Å². The first-order valence-electron chi connectivity index (χ1n) is 6.96. The van der Waals surface area contributed by atoms with Crippen LogP contribution in [0.3, 0.4) is 0 Å². The molecule has 1 heterocycles. The van der Waals surface area contributed by atoms with Gasteiger partial charge >= 0.3 is 0 Å². The van der Waals surface area contributed by atoms with Gasteiger partial charge in [0.15, 0.2) is 5.17 Å². The molecule has 1 fully saturated rings. The minimum Gasteiger partial charge on any atom is -0.335 e. The van der Waals surface area contributed by atoms with Gasteiger partial charge in [-0.25, -0.2) is 4.39 Å².